The highest BCUT2D eigenvalue weighted by Gasteiger charge is 2.42. The zero-order chi connectivity index (χ0) is 14.9. The minimum absolute atomic E-state index is 0.0543. The first kappa shape index (κ1) is 14.5. The Labute approximate surface area is 124 Å². The number of nitrogens with zero attached hydrogens (tertiary/aromatic N) is 2. The lowest BCUT2D eigenvalue weighted by Crippen LogP contribution is -2.37. The summed E-state index contributed by atoms with van der Waals surface area (Å²) in [5.74, 6) is -0.497. The Bertz CT molecular complexity index is 520. The highest BCUT2D eigenvalue weighted by Crippen LogP contribution is 2.37. The molecule has 2 heterocycles. The van der Waals surface area contributed by atoms with Crippen molar-refractivity contribution in [1.29, 1.82) is 0 Å². The summed E-state index contributed by atoms with van der Waals surface area (Å²) in [6.45, 7) is 2.91. The van der Waals surface area contributed by atoms with Gasteiger partial charge < -0.3 is 14.8 Å². The van der Waals surface area contributed by atoms with E-state index >= 15 is 0 Å². The topological polar surface area (TPSA) is 65.4 Å². The molecule has 3 rings (SSSR count). The summed E-state index contributed by atoms with van der Waals surface area (Å²) in [7, 11) is 1.77. The highest BCUT2D eigenvalue weighted by molar-refractivity contribution is 5.92. The van der Waals surface area contributed by atoms with E-state index in [2.05, 4.69) is 10.4 Å². The fraction of sp³-hybridized carbons (Fsp3) is 0.733. The van der Waals surface area contributed by atoms with Gasteiger partial charge in [0.25, 0.3) is 5.91 Å². The van der Waals surface area contributed by atoms with Crippen molar-refractivity contribution in [3.8, 4) is 0 Å². The lowest BCUT2D eigenvalue weighted by atomic mass is 9.94. The third kappa shape index (κ3) is 3.11. The lowest BCUT2D eigenvalue weighted by Gasteiger charge is -2.31. The van der Waals surface area contributed by atoms with Gasteiger partial charge in [-0.3, -0.25) is 9.48 Å². The van der Waals surface area contributed by atoms with E-state index in [1.165, 1.54) is 6.42 Å². The maximum absolute atomic E-state index is 12.1. The molecule has 1 aliphatic carbocycles. The van der Waals surface area contributed by atoms with E-state index in [1.54, 1.807) is 17.8 Å². The van der Waals surface area contributed by atoms with Crippen molar-refractivity contribution in [3.05, 3.63) is 17.5 Å². The van der Waals surface area contributed by atoms with Gasteiger partial charge in [0.2, 0.25) is 0 Å². The molecule has 0 aromatic carbocycles. The molecule has 1 spiro atoms. The number of aryl methyl sites for hydroxylation is 2. The van der Waals surface area contributed by atoms with E-state index in [-0.39, 0.29) is 17.8 Å². The smallest absolute Gasteiger partial charge is 0.269 e. The Morgan fingerprint density at radius 2 is 2.24 bits per heavy atom. The summed E-state index contributed by atoms with van der Waals surface area (Å²) in [5, 5.41) is 7.09. The van der Waals surface area contributed by atoms with Crippen LogP contribution in [-0.2, 0) is 16.5 Å². The lowest BCUT2D eigenvalue weighted by molar-refractivity contribution is -0.186. The maximum Gasteiger partial charge on any atom is 0.269 e. The first-order valence-corrected chi connectivity index (χ1v) is 7.69. The number of aromatic nitrogens is 2. The van der Waals surface area contributed by atoms with Crippen molar-refractivity contribution in [2.24, 2.45) is 7.05 Å². The summed E-state index contributed by atoms with van der Waals surface area (Å²) < 4.78 is 13.5. The normalized spacial score (nSPS) is 24.4. The van der Waals surface area contributed by atoms with Crippen LogP contribution in [0.4, 0.5) is 0 Å². The van der Waals surface area contributed by atoms with Gasteiger partial charge in [0.05, 0.1) is 12.3 Å². The molecule has 116 valence electrons. The van der Waals surface area contributed by atoms with E-state index in [0.29, 0.717) is 18.8 Å². The average Bonchev–Trinajstić information content (AvgIpc) is 3.01. The Kier molecular flexibility index (Phi) is 3.99. The SMILES string of the molecule is Cc1cc(C(=O)NC[C@@H]2COC3(CCCCC3)O2)n(C)n1. The van der Waals surface area contributed by atoms with Gasteiger partial charge in [-0.1, -0.05) is 6.42 Å². The minimum Gasteiger partial charge on any atom is -0.348 e. The van der Waals surface area contributed by atoms with Crippen LogP contribution in [0.1, 0.15) is 48.3 Å². The van der Waals surface area contributed by atoms with Crippen LogP contribution in [0.2, 0.25) is 0 Å². The van der Waals surface area contributed by atoms with Crippen LogP contribution in [-0.4, -0.2) is 40.7 Å². The number of ether oxygens (including phenoxy) is 2. The molecule has 6 heteroatoms. The number of hydrogen-bond acceptors (Lipinski definition) is 4. The van der Waals surface area contributed by atoms with Crippen LogP contribution in [0.5, 0.6) is 0 Å². The van der Waals surface area contributed by atoms with Crippen molar-refractivity contribution in [1.82, 2.24) is 15.1 Å². The molecule has 2 fully saturated rings. The third-order valence-electron chi connectivity index (χ3n) is 4.25. The van der Waals surface area contributed by atoms with Gasteiger partial charge in [0.1, 0.15) is 11.8 Å². The third-order valence-corrected chi connectivity index (χ3v) is 4.25. The van der Waals surface area contributed by atoms with Gasteiger partial charge >= 0.3 is 0 Å². The number of carbonyl (C=O) groups is 1. The minimum atomic E-state index is -0.378. The molecule has 1 amide bonds. The second-order valence-corrected chi connectivity index (χ2v) is 6.03. The molecule has 1 saturated heterocycles. The van der Waals surface area contributed by atoms with Crippen LogP contribution >= 0.6 is 0 Å². The van der Waals surface area contributed by atoms with Gasteiger partial charge in [0, 0.05) is 26.4 Å². The van der Waals surface area contributed by atoms with Crippen LogP contribution in [0.15, 0.2) is 6.07 Å². The molecule has 1 atom stereocenters. The molecular formula is C15H23N3O3. The summed E-state index contributed by atoms with van der Waals surface area (Å²) in [6.07, 6.45) is 5.47. The predicted octanol–water partition coefficient (Wildman–Crippen LogP) is 1.53. The summed E-state index contributed by atoms with van der Waals surface area (Å²) in [4.78, 5) is 12.1. The predicted molar refractivity (Wildman–Crippen MR) is 76.9 cm³/mol. The van der Waals surface area contributed by atoms with Gasteiger partial charge in [-0.2, -0.15) is 5.10 Å². The molecule has 0 bridgehead atoms. The number of carbonyl (C=O) groups excluding carboxylic acids is 1. The highest BCUT2D eigenvalue weighted by atomic mass is 16.7. The number of amides is 1. The van der Waals surface area contributed by atoms with E-state index in [1.807, 2.05) is 6.92 Å². The van der Waals surface area contributed by atoms with Crippen molar-refractivity contribution in [3.63, 3.8) is 0 Å². The van der Waals surface area contributed by atoms with Crippen LogP contribution in [0.3, 0.4) is 0 Å². The van der Waals surface area contributed by atoms with Gasteiger partial charge in [-0.15, -0.1) is 0 Å². The molecule has 1 aromatic rings. The quantitative estimate of drug-likeness (QED) is 0.918. The van der Waals surface area contributed by atoms with Crippen molar-refractivity contribution >= 4 is 5.91 Å². The first-order valence-electron chi connectivity index (χ1n) is 7.69. The Morgan fingerprint density at radius 3 is 2.90 bits per heavy atom. The maximum atomic E-state index is 12.1. The Morgan fingerprint density at radius 1 is 1.48 bits per heavy atom. The van der Waals surface area contributed by atoms with E-state index in [0.717, 1.165) is 31.4 Å². The van der Waals surface area contributed by atoms with E-state index in [4.69, 9.17) is 9.47 Å². The van der Waals surface area contributed by atoms with Crippen molar-refractivity contribution in [2.45, 2.75) is 50.9 Å². The zero-order valence-corrected chi connectivity index (χ0v) is 12.7. The van der Waals surface area contributed by atoms with Crippen LogP contribution in [0, 0.1) is 6.92 Å². The molecule has 21 heavy (non-hydrogen) atoms. The zero-order valence-electron chi connectivity index (χ0n) is 12.7. The number of rotatable bonds is 3. The van der Waals surface area contributed by atoms with Crippen molar-refractivity contribution < 1.29 is 14.3 Å². The number of nitrogens with one attached hydrogen (secondary N) is 1. The fourth-order valence-electron chi connectivity index (χ4n) is 3.19. The standard InChI is InChI=1S/C15H23N3O3/c1-11-8-13(18(2)17-11)14(19)16-9-12-10-20-15(21-12)6-4-3-5-7-15/h8,12H,3-7,9-10H2,1-2H3,(H,16,19)/t12-/m1/s1. The average molecular weight is 293 g/mol. The van der Waals surface area contributed by atoms with Gasteiger partial charge in [0.15, 0.2) is 5.79 Å². The summed E-state index contributed by atoms with van der Waals surface area (Å²) in [6, 6.07) is 1.78. The van der Waals surface area contributed by atoms with Crippen LogP contribution < -0.4 is 5.32 Å². The molecule has 1 saturated carbocycles. The summed E-state index contributed by atoms with van der Waals surface area (Å²) >= 11 is 0. The van der Waals surface area contributed by atoms with Crippen LogP contribution in [0.25, 0.3) is 0 Å². The molecular weight excluding hydrogens is 270 g/mol. The molecule has 1 aliphatic heterocycles. The molecule has 2 aliphatic rings. The Balaban J connectivity index is 1.52. The first-order chi connectivity index (χ1) is 10.1. The Hall–Kier alpha value is -1.40. The molecule has 1 aromatic heterocycles. The summed E-state index contributed by atoms with van der Waals surface area (Å²) in [5.41, 5.74) is 1.41. The fourth-order valence-corrected chi connectivity index (χ4v) is 3.19. The largest absolute Gasteiger partial charge is 0.348 e. The molecule has 0 radical (unpaired) electrons. The van der Waals surface area contributed by atoms with Crippen molar-refractivity contribution in [2.75, 3.05) is 13.2 Å². The monoisotopic (exact) mass is 293 g/mol. The van der Waals surface area contributed by atoms with Gasteiger partial charge in [-0.25, -0.2) is 0 Å². The molecule has 0 unspecified atom stereocenters. The second kappa shape index (κ2) is 5.77. The van der Waals surface area contributed by atoms with E-state index in [9.17, 15) is 4.79 Å². The number of hydrogen-bond donors (Lipinski definition) is 1. The van der Waals surface area contributed by atoms with Gasteiger partial charge in [-0.05, 0) is 25.8 Å². The molecule has 6 nitrogen and oxygen atoms in total. The second-order valence-electron chi connectivity index (χ2n) is 6.03. The van der Waals surface area contributed by atoms with E-state index < -0.39 is 0 Å². The molecule has 1 N–H and O–H groups in total.